The zero-order chi connectivity index (χ0) is 71.5. The first kappa shape index (κ1) is 63.3. The molecule has 0 atom stereocenters. The highest BCUT2D eigenvalue weighted by Crippen LogP contribution is 2.56. The molecule has 4 aliphatic heterocycles. The Morgan fingerprint density at radius 1 is 0.274 bits per heavy atom. The van der Waals surface area contributed by atoms with Crippen LogP contribution in [0.25, 0.3) is 122 Å². The molecule has 106 heavy (non-hydrogen) atoms. The molecule has 0 spiro atoms. The van der Waals surface area contributed by atoms with Gasteiger partial charge in [0.2, 0.25) is 0 Å². The van der Waals surface area contributed by atoms with Crippen LogP contribution in [0.15, 0.2) is 334 Å². The van der Waals surface area contributed by atoms with E-state index in [2.05, 4.69) is 408 Å². The molecule has 5 heteroatoms. The van der Waals surface area contributed by atoms with E-state index in [4.69, 9.17) is 0 Å². The molecule has 2 aromatic heterocycles. The van der Waals surface area contributed by atoms with Gasteiger partial charge in [-0.1, -0.05) is 316 Å². The number of hydrogen-bond donors (Lipinski definition) is 0. The van der Waals surface area contributed by atoms with Crippen molar-refractivity contribution < 1.29 is 0 Å². The summed E-state index contributed by atoms with van der Waals surface area (Å²) in [6.07, 6.45) is 0. The van der Waals surface area contributed by atoms with Crippen LogP contribution in [0.2, 0.25) is 0 Å². The van der Waals surface area contributed by atoms with Crippen LogP contribution in [-0.2, 0) is 16.2 Å². The number of nitrogens with zero attached hydrogens (tertiary/aromatic N) is 4. The van der Waals surface area contributed by atoms with Gasteiger partial charge in [-0.2, -0.15) is 0 Å². The first-order valence-corrected chi connectivity index (χ1v) is 37.5. The molecule has 6 heterocycles. The predicted molar refractivity (Wildman–Crippen MR) is 451 cm³/mol. The van der Waals surface area contributed by atoms with Crippen molar-refractivity contribution in [2.75, 3.05) is 9.80 Å². The number of anilines is 6. The lowest BCUT2D eigenvalue weighted by molar-refractivity contribution is 0.589. The Bertz CT molecular complexity index is 6380. The lowest BCUT2D eigenvalue weighted by Gasteiger charge is -2.46. The summed E-state index contributed by atoms with van der Waals surface area (Å²) in [5.74, 6) is 0. The van der Waals surface area contributed by atoms with Gasteiger partial charge >= 0.3 is 0 Å². The second-order valence-corrected chi connectivity index (χ2v) is 32.0. The Morgan fingerprint density at radius 2 is 0.623 bits per heavy atom. The molecule has 21 rings (SSSR count). The minimum absolute atomic E-state index is 0.0283. The zero-order valence-electron chi connectivity index (χ0n) is 61.1. The molecular formula is C101H79BN4. The van der Waals surface area contributed by atoms with Crippen molar-refractivity contribution in [3.8, 4) is 78.1 Å². The number of fused-ring (bicyclic) bond motifs is 12. The van der Waals surface area contributed by atoms with Gasteiger partial charge in [-0.05, 0) is 167 Å². The smallest absolute Gasteiger partial charge is 0.252 e. The summed E-state index contributed by atoms with van der Waals surface area (Å²) >= 11 is 0. The van der Waals surface area contributed by atoms with Gasteiger partial charge in [0.25, 0.3) is 6.71 Å². The summed E-state index contributed by atoms with van der Waals surface area (Å²) in [5.41, 5.74) is 36.2. The third kappa shape index (κ3) is 9.75. The summed E-state index contributed by atoms with van der Waals surface area (Å²) in [4.78, 5) is 5.44. The van der Waals surface area contributed by atoms with Gasteiger partial charge in [0.15, 0.2) is 0 Å². The monoisotopic (exact) mass is 1360 g/mol. The minimum Gasteiger partial charge on any atom is -0.310 e. The Morgan fingerprint density at radius 3 is 1.04 bits per heavy atom. The maximum absolute atomic E-state index is 2.72. The van der Waals surface area contributed by atoms with Crippen LogP contribution in [-0.4, -0.2) is 15.8 Å². The summed E-state index contributed by atoms with van der Waals surface area (Å²) < 4.78 is 4.99. The molecule has 506 valence electrons. The average Bonchev–Trinajstić information content (AvgIpc) is 0.783. The third-order valence-corrected chi connectivity index (χ3v) is 23.4. The van der Waals surface area contributed by atoms with Crippen molar-refractivity contribution >= 4 is 101 Å². The summed E-state index contributed by atoms with van der Waals surface area (Å²) in [6, 6.07) is 127. The first-order chi connectivity index (χ1) is 51.6. The van der Waals surface area contributed by atoms with Gasteiger partial charge in [-0.3, -0.25) is 0 Å². The number of hydrogen-bond acceptors (Lipinski definition) is 2. The van der Waals surface area contributed by atoms with E-state index in [0.717, 1.165) is 84.3 Å². The summed E-state index contributed by atoms with van der Waals surface area (Å²) in [7, 11) is 0. The van der Waals surface area contributed by atoms with Crippen molar-refractivity contribution in [3.05, 3.63) is 356 Å². The van der Waals surface area contributed by atoms with Crippen LogP contribution in [0.3, 0.4) is 0 Å². The van der Waals surface area contributed by atoms with Gasteiger partial charge in [0.05, 0.1) is 33.4 Å². The fraction of sp³-hybridized carbons (Fsp3) is 0.109. The van der Waals surface area contributed by atoms with Crippen LogP contribution in [0.4, 0.5) is 34.1 Å². The van der Waals surface area contributed by atoms with Crippen molar-refractivity contribution in [1.82, 2.24) is 9.13 Å². The average molecular weight is 1360 g/mol. The first-order valence-electron chi connectivity index (χ1n) is 37.5. The molecule has 0 amide bonds. The second-order valence-electron chi connectivity index (χ2n) is 32.0. The Hall–Kier alpha value is -12.4. The lowest BCUT2D eigenvalue weighted by Crippen LogP contribution is -2.61. The molecule has 4 bridgehead atoms. The Labute approximate surface area is 621 Å². The van der Waals surface area contributed by atoms with E-state index < -0.39 is 5.41 Å². The molecule has 0 unspecified atom stereocenters. The van der Waals surface area contributed by atoms with E-state index in [1.165, 1.54) is 110 Å². The van der Waals surface area contributed by atoms with E-state index in [9.17, 15) is 0 Å². The van der Waals surface area contributed by atoms with Crippen LogP contribution in [0, 0.1) is 0 Å². The normalized spacial score (nSPS) is 13.5. The van der Waals surface area contributed by atoms with E-state index in [1.54, 1.807) is 0 Å². The highest BCUT2D eigenvalue weighted by atomic mass is 15.2. The van der Waals surface area contributed by atoms with Crippen molar-refractivity contribution in [1.29, 1.82) is 0 Å². The molecule has 0 saturated heterocycles. The summed E-state index contributed by atoms with van der Waals surface area (Å²) in [5, 5.41) is 4.91. The van der Waals surface area contributed by atoms with Crippen LogP contribution >= 0.6 is 0 Å². The van der Waals surface area contributed by atoms with Gasteiger partial charge in [0, 0.05) is 83.3 Å². The lowest BCUT2D eigenvalue weighted by atomic mass is 9.33. The number of aromatic nitrogens is 2. The Balaban J connectivity index is 0.921. The molecule has 0 saturated carbocycles. The number of benzene rings is 15. The van der Waals surface area contributed by atoms with Gasteiger partial charge in [-0.15, -0.1) is 0 Å². The molecule has 0 fully saturated rings. The molecule has 0 aliphatic carbocycles. The number of para-hydroxylation sites is 4. The van der Waals surface area contributed by atoms with Gasteiger partial charge in [-0.25, -0.2) is 0 Å². The maximum atomic E-state index is 2.72. The quantitative estimate of drug-likeness (QED) is 0.141. The molecule has 0 N–H and O–H groups in total. The highest BCUT2D eigenvalue weighted by Gasteiger charge is 2.47. The third-order valence-electron chi connectivity index (χ3n) is 23.4. The van der Waals surface area contributed by atoms with E-state index in [-0.39, 0.29) is 17.5 Å². The Kier molecular flexibility index (Phi) is 14.2. The highest BCUT2D eigenvalue weighted by molar-refractivity contribution is 7.00. The van der Waals surface area contributed by atoms with Crippen LogP contribution < -0.4 is 26.2 Å². The van der Waals surface area contributed by atoms with Crippen LogP contribution in [0.1, 0.15) is 77.6 Å². The van der Waals surface area contributed by atoms with Crippen molar-refractivity contribution in [2.24, 2.45) is 0 Å². The largest absolute Gasteiger partial charge is 0.310 e. The van der Waals surface area contributed by atoms with Crippen molar-refractivity contribution in [3.63, 3.8) is 0 Å². The molecule has 4 nitrogen and oxygen atoms in total. The predicted octanol–water partition coefficient (Wildman–Crippen LogP) is 25.2. The van der Waals surface area contributed by atoms with Gasteiger partial charge in [0.1, 0.15) is 0 Å². The van der Waals surface area contributed by atoms with Gasteiger partial charge < -0.3 is 18.9 Å². The molecule has 0 radical (unpaired) electrons. The SMILES string of the molecule is CC(C)(C)c1cccc(-n2c3ccccc3c3c(-c4ccc5c(c4)N(c4c(-c6ccccc6)cccc4-c4ccccc4)c4cc6cc7c4B5c4ccc(-c5cccc8c5c5ccccc5n8-c5cccc(C(C)(C)C)c5)cc4N7c4c(-c5ccccc5)cccc4-c4ccc(cc4)C6(C)C)cccc32)c1. The molecule has 4 aliphatic rings. The molecule has 17 aromatic rings. The fourth-order valence-electron chi connectivity index (χ4n) is 18.1. The standard InChI is InChI=1S/C101H79BN4/c1-99(2,3)71-34-22-36-74(60-71)103-86-46-20-18-38-82(86)94-76(40-26-48-88(94)103)68-52-56-84-90(58-68)105(97-78(64-28-12-9-13-29-64)42-24-43-79(97)65-30-14-10-15-31-65)92-62-73-63-93-96(92)102(84)85-57-53-69(77-41-27-49-89-95(77)83-39-19-21-47-87(83)104(89)75-37-23-35-72(61-75)100(4,5)6)59-91(85)106(93)98-80(66-32-16-11-17-33-66)44-25-45-81(98)67-50-54-70(55-51-67)101(73,7)8/h9-63H,1-8H3. The maximum Gasteiger partial charge on any atom is 0.252 e. The van der Waals surface area contributed by atoms with E-state index in [0.29, 0.717) is 0 Å². The summed E-state index contributed by atoms with van der Waals surface area (Å²) in [6.45, 7) is 18.5. The van der Waals surface area contributed by atoms with Crippen LogP contribution in [0.5, 0.6) is 0 Å². The fourth-order valence-corrected chi connectivity index (χ4v) is 18.1. The molecule has 15 aromatic carbocycles. The molecular weight excluding hydrogens is 1280 g/mol. The minimum atomic E-state index is -0.479. The van der Waals surface area contributed by atoms with Crippen molar-refractivity contribution in [2.45, 2.75) is 71.6 Å². The zero-order valence-corrected chi connectivity index (χ0v) is 61.1. The topological polar surface area (TPSA) is 16.3 Å². The van der Waals surface area contributed by atoms with E-state index >= 15 is 0 Å². The number of rotatable bonds is 8. The van der Waals surface area contributed by atoms with E-state index in [1.807, 2.05) is 0 Å². The second kappa shape index (κ2) is 23.8.